The summed E-state index contributed by atoms with van der Waals surface area (Å²) in [4.78, 5) is 11.2. The number of nitrogens with two attached hydrogens (primary N) is 2. The van der Waals surface area contributed by atoms with E-state index in [4.69, 9.17) is 24.7 Å². The number of anilines is 2. The van der Waals surface area contributed by atoms with Crippen LogP contribution >= 0.6 is 0 Å². The molecule has 0 aliphatic heterocycles. The molecule has 8 nitrogen and oxygen atoms in total. The summed E-state index contributed by atoms with van der Waals surface area (Å²) in [6, 6.07) is 7.07. The molecule has 2 amide bonds. The van der Waals surface area contributed by atoms with Gasteiger partial charge >= 0.3 is 14.8 Å². The Morgan fingerprint density at radius 3 is 2.18 bits per heavy atom. The Labute approximate surface area is 131 Å². The molecule has 1 unspecified atom stereocenters. The molecule has 9 heteroatoms. The number of carbonyl (C=O) groups is 1. The second-order valence-electron chi connectivity index (χ2n) is 4.66. The summed E-state index contributed by atoms with van der Waals surface area (Å²) in [7, 11) is 1.92. The molecule has 0 heterocycles. The Balaban J connectivity index is 2.71. The van der Waals surface area contributed by atoms with Gasteiger partial charge in [0.2, 0.25) is 0 Å². The van der Waals surface area contributed by atoms with Crippen LogP contribution in [-0.4, -0.2) is 42.3 Å². The van der Waals surface area contributed by atoms with Gasteiger partial charge in [0.25, 0.3) is 0 Å². The third kappa shape index (κ3) is 5.52. The molecular formula is C13H24N4O4Si. The fraction of sp³-hybridized carbons (Fsp3) is 0.462. The second-order valence-corrected chi connectivity index (χ2v) is 7.75. The van der Waals surface area contributed by atoms with Crippen LogP contribution in [-0.2, 0) is 13.3 Å². The van der Waals surface area contributed by atoms with Crippen molar-refractivity contribution < 1.29 is 18.1 Å². The van der Waals surface area contributed by atoms with Crippen molar-refractivity contribution in [1.82, 2.24) is 5.32 Å². The number of rotatable bonds is 9. The highest BCUT2D eigenvalue weighted by molar-refractivity contribution is 6.60. The van der Waals surface area contributed by atoms with Crippen LogP contribution in [0, 0.1) is 0 Å². The van der Waals surface area contributed by atoms with E-state index >= 15 is 0 Å². The van der Waals surface area contributed by atoms with Crippen LogP contribution in [0.4, 0.5) is 16.2 Å². The average Bonchev–Trinajstić information content (AvgIpc) is 2.51. The molecule has 0 bridgehead atoms. The zero-order valence-corrected chi connectivity index (χ0v) is 14.1. The minimum Gasteiger partial charge on any atom is -0.399 e. The number of carbonyl (C=O) groups excluding carboxylic acids is 1. The number of nitrogen functional groups attached to an aromatic ring is 1. The molecule has 1 aromatic carbocycles. The van der Waals surface area contributed by atoms with Gasteiger partial charge in [0.15, 0.2) is 0 Å². The topological polar surface area (TPSA) is 121 Å². The van der Waals surface area contributed by atoms with Crippen molar-refractivity contribution in [1.29, 1.82) is 0 Å². The minimum absolute atomic E-state index is 0.381. The van der Waals surface area contributed by atoms with Crippen molar-refractivity contribution in [3.05, 3.63) is 24.3 Å². The predicted molar refractivity (Wildman–Crippen MR) is 87.2 cm³/mol. The highest BCUT2D eigenvalue weighted by Gasteiger charge is 2.38. The maximum Gasteiger partial charge on any atom is 0.500 e. The quantitative estimate of drug-likeness (QED) is 0.304. The van der Waals surface area contributed by atoms with Crippen LogP contribution in [0.25, 0.3) is 0 Å². The van der Waals surface area contributed by atoms with E-state index in [0.29, 0.717) is 18.2 Å². The van der Waals surface area contributed by atoms with Gasteiger partial charge in [0.05, 0.1) is 0 Å². The summed E-state index contributed by atoms with van der Waals surface area (Å²) < 4.78 is 16.1. The average molecular weight is 328 g/mol. The SMILES string of the molecule is CO[Si](CCC(NC(N)=O)Nc1ccc(N)cc1)(OC)OC. The van der Waals surface area contributed by atoms with Crippen LogP contribution < -0.4 is 22.1 Å². The van der Waals surface area contributed by atoms with Gasteiger partial charge in [-0.3, -0.25) is 0 Å². The third-order valence-corrected chi connectivity index (χ3v) is 6.01. The summed E-state index contributed by atoms with van der Waals surface area (Å²) in [5.74, 6) is 0. The van der Waals surface area contributed by atoms with Crippen molar-refractivity contribution in [2.24, 2.45) is 5.73 Å². The van der Waals surface area contributed by atoms with E-state index in [0.717, 1.165) is 5.69 Å². The normalized spacial score (nSPS) is 12.7. The molecule has 0 aliphatic carbocycles. The molecule has 0 aliphatic rings. The molecule has 1 rings (SSSR count). The van der Waals surface area contributed by atoms with Gasteiger partial charge in [-0.05, 0) is 30.7 Å². The number of nitrogens with one attached hydrogen (secondary N) is 2. The molecule has 6 N–H and O–H groups in total. The van der Waals surface area contributed by atoms with Gasteiger partial charge in [0, 0.05) is 38.7 Å². The highest BCUT2D eigenvalue weighted by atomic mass is 28.4. The lowest BCUT2D eigenvalue weighted by molar-refractivity contribution is 0.122. The van der Waals surface area contributed by atoms with Crippen LogP contribution in [0.15, 0.2) is 24.3 Å². The molecule has 1 atom stereocenters. The first-order chi connectivity index (χ1) is 10.4. The van der Waals surface area contributed by atoms with E-state index in [1.165, 1.54) is 0 Å². The number of urea groups is 1. The van der Waals surface area contributed by atoms with Crippen LogP contribution in [0.1, 0.15) is 6.42 Å². The molecule has 0 saturated carbocycles. The molecule has 1 aromatic rings. The zero-order chi connectivity index (χ0) is 16.6. The number of hydrogen-bond acceptors (Lipinski definition) is 6. The summed E-state index contributed by atoms with van der Waals surface area (Å²) in [5, 5.41) is 5.81. The maximum atomic E-state index is 11.2. The van der Waals surface area contributed by atoms with Gasteiger partial charge in [-0.1, -0.05) is 0 Å². The zero-order valence-electron chi connectivity index (χ0n) is 13.1. The van der Waals surface area contributed by atoms with E-state index in [-0.39, 0.29) is 6.17 Å². The lowest BCUT2D eigenvalue weighted by Gasteiger charge is -2.27. The molecule has 0 radical (unpaired) electrons. The first-order valence-corrected chi connectivity index (χ1v) is 8.71. The molecular weight excluding hydrogens is 304 g/mol. The van der Waals surface area contributed by atoms with E-state index in [1.807, 2.05) is 12.1 Å². The number of hydrogen-bond donors (Lipinski definition) is 4. The third-order valence-electron chi connectivity index (χ3n) is 3.24. The fourth-order valence-electron chi connectivity index (χ4n) is 2.01. The smallest absolute Gasteiger partial charge is 0.399 e. The van der Waals surface area contributed by atoms with E-state index in [9.17, 15) is 4.79 Å². The summed E-state index contributed by atoms with van der Waals surface area (Å²) in [6.07, 6.45) is 0.142. The number of amides is 2. The minimum atomic E-state index is -2.71. The Morgan fingerprint density at radius 2 is 1.73 bits per heavy atom. The van der Waals surface area contributed by atoms with E-state index in [1.54, 1.807) is 33.5 Å². The summed E-state index contributed by atoms with van der Waals surface area (Å²) in [5.41, 5.74) is 12.3. The van der Waals surface area contributed by atoms with Crippen LogP contribution in [0.2, 0.25) is 6.04 Å². The fourth-order valence-corrected chi connectivity index (χ4v) is 3.76. The molecule has 0 spiro atoms. The first kappa shape index (κ1) is 18.2. The standard InChI is InChI=1S/C13H24N4O4Si/c1-19-22(20-2,21-3)9-8-12(17-13(15)18)16-11-6-4-10(14)5-7-11/h4-7,12,16H,8-9,14H2,1-3H3,(H3,15,17,18). The Kier molecular flexibility index (Phi) is 7.12. The van der Waals surface area contributed by atoms with Gasteiger partial charge in [-0.15, -0.1) is 0 Å². The number of primary amides is 1. The maximum absolute atomic E-state index is 11.2. The molecule has 22 heavy (non-hydrogen) atoms. The van der Waals surface area contributed by atoms with Crippen LogP contribution in [0.5, 0.6) is 0 Å². The highest BCUT2D eigenvalue weighted by Crippen LogP contribution is 2.18. The van der Waals surface area contributed by atoms with Crippen molar-refractivity contribution in [3.63, 3.8) is 0 Å². The van der Waals surface area contributed by atoms with Crippen molar-refractivity contribution in [2.45, 2.75) is 18.6 Å². The second kappa shape index (κ2) is 8.59. The van der Waals surface area contributed by atoms with Crippen molar-refractivity contribution in [2.75, 3.05) is 32.4 Å². The molecule has 0 saturated heterocycles. The first-order valence-electron chi connectivity index (χ1n) is 6.78. The Bertz CT molecular complexity index is 459. The van der Waals surface area contributed by atoms with Gasteiger partial charge in [-0.25, -0.2) is 4.79 Å². The lowest BCUT2D eigenvalue weighted by atomic mass is 10.2. The van der Waals surface area contributed by atoms with Gasteiger partial charge in [-0.2, -0.15) is 0 Å². The van der Waals surface area contributed by atoms with Gasteiger partial charge < -0.3 is 35.4 Å². The van der Waals surface area contributed by atoms with Crippen molar-refractivity contribution >= 4 is 26.2 Å². The van der Waals surface area contributed by atoms with Crippen molar-refractivity contribution in [3.8, 4) is 0 Å². The van der Waals surface area contributed by atoms with Crippen LogP contribution in [0.3, 0.4) is 0 Å². The lowest BCUT2D eigenvalue weighted by Crippen LogP contribution is -2.48. The summed E-state index contributed by atoms with van der Waals surface area (Å²) in [6.45, 7) is 0. The largest absolute Gasteiger partial charge is 0.500 e. The Morgan fingerprint density at radius 1 is 1.18 bits per heavy atom. The predicted octanol–water partition coefficient (Wildman–Crippen LogP) is 0.943. The van der Waals surface area contributed by atoms with Gasteiger partial charge in [0.1, 0.15) is 6.17 Å². The van der Waals surface area contributed by atoms with E-state index < -0.39 is 14.8 Å². The molecule has 0 aromatic heterocycles. The number of benzene rings is 1. The molecule has 0 fully saturated rings. The Hall–Kier alpha value is -1.81. The monoisotopic (exact) mass is 328 g/mol. The molecule has 124 valence electrons. The summed E-state index contributed by atoms with van der Waals surface area (Å²) >= 11 is 0. The van der Waals surface area contributed by atoms with E-state index in [2.05, 4.69) is 10.6 Å².